The van der Waals surface area contributed by atoms with Crippen LogP contribution < -0.4 is 0 Å². The molecule has 0 unspecified atom stereocenters. The standard InChI is InChI=1S/C32H48O4.C4H10O2/c1-28(2,3)21-14-19(15-22(26(21)35)29(4,5)6)32(13,18-25(33)34)20-16-23(30(7,8)9)27(36)24(17-20)31(10,11)12;5-3-1-2-4-6/h14-17,35-36H,18H2,1-13H3,(H,33,34);5-6H,1-4H2. The lowest BCUT2D eigenvalue weighted by Gasteiger charge is -2.37. The number of aromatic hydroxyl groups is 2. The molecule has 0 amide bonds. The Hall–Kier alpha value is -2.57. The molecule has 0 radical (unpaired) electrons. The van der Waals surface area contributed by atoms with Crippen LogP contribution in [0.5, 0.6) is 11.5 Å². The number of carboxylic acid groups (broad SMARTS) is 1. The number of hydrogen-bond acceptors (Lipinski definition) is 5. The van der Waals surface area contributed by atoms with Crippen molar-refractivity contribution >= 4 is 5.97 Å². The molecule has 2 aromatic rings. The van der Waals surface area contributed by atoms with E-state index in [4.69, 9.17) is 10.2 Å². The highest BCUT2D eigenvalue weighted by atomic mass is 16.4. The van der Waals surface area contributed by atoms with E-state index in [1.165, 1.54) is 0 Å². The van der Waals surface area contributed by atoms with Crippen LogP contribution >= 0.6 is 0 Å². The summed E-state index contributed by atoms with van der Waals surface area (Å²) in [6.07, 6.45) is 1.32. The molecule has 238 valence electrons. The molecule has 0 heterocycles. The van der Waals surface area contributed by atoms with Gasteiger partial charge in [-0.05, 0) is 67.9 Å². The lowest BCUT2D eigenvalue weighted by Crippen LogP contribution is -2.31. The first-order valence-electron chi connectivity index (χ1n) is 15.0. The van der Waals surface area contributed by atoms with Crippen LogP contribution in [0, 0.1) is 0 Å². The molecule has 0 aliphatic rings. The number of hydrogen-bond donors (Lipinski definition) is 5. The largest absolute Gasteiger partial charge is 0.507 e. The number of aliphatic hydroxyl groups excluding tert-OH is 2. The normalized spacial score (nSPS) is 13.0. The van der Waals surface area contributed by atoms with Gasteiger partial charge in [0.1, 0.15) is 11.5 Å². The van der Waals surface area contributed by atoms with Crippen molar-refractivity contribution in [2.24, 2.45) is 0 Å². The lowest BCUT2D eigenvalue weighted by molar-refractivity contribution is -0.138. The molecule has 0 spiro atoms. The summed E-state index contributed by atoms with van der Waals surface area (Å²) in [5, 5.41) is 48.9. The molecule has 2 rings (SSSR count). The number of aliphatic carboxylic acids is 1. The molecule has 6 heteroatoms. The highest BCUT2D eigenvalue weighted by Gasteiger charge is 2.38. The Morgan fingerprint density at radius 1 is 0.548 bits per heavy atom. The van der Waals surface area contributed by atoms with Crippen molar-refractivity contribution in [3.63, 3.8) is 0 Å². The van der Waals surface area contributed by atoms with E-state index >= 15 is 0 Å². The smallest absolute Gasteiger partial charge is 0.304 e. The SMILES string of the molecule is CC(C)(C)c1cc(C(C)(CC(=O)O)c2cc(C(C)(C)C)c(O)c(C(C)(C)C)c2)cc(C(C)(C)C)c1O.OCCCCO. The van der Waals surface area contributed by atoms with Gasteiger partial charge in [-0.15, -0.1) is 0 Å². The van der Waals surface area contributed by atoms with Gasteiger partial charge in [-0.25, -0.2) is 0 Å². The maximum atomic E-state index is 12.3. The zero-order chi connectivity index (χ0) is 33.1. The quantitative estimate of drug-likeness (QED) is 0.211. The van der Waals surface area contributed by atoms with Crippen molar-refractivity contribution in [1.29, 1.82) is 0 Å². The number of rotatable bonds is 7. The Balaban J connectivity index is 0.00000132. The molecule has 0 fully saturated rings. The van der Waals surface area contributed by atoms with Crippen LogP contribution in [0.3, 0.4) is 0 Å². The first kappa shape index (κ1) is 37.5. The minimum Gasteiger partial charge on any atom is -0.507 e. The summed E-state index contributed by atoms with van der Waals surface area (Å²) in [7, 11) is 0. The summed E-state index contributed by atoms with van der Waals surface area (Å²) >= 11 is 0. The summed E-state index contributed by atoms with van der Waals surface area (Å²) in [5.74, 6) is -0.358. The Bertz CT molecular complexity index is 1060. The van der Waals surface area contributed by atoms with E-state index in [9.17, 15) is 20.1 Å². The van der Waals surface area contributed by atoms with Crippen molar-refractivity contribution in [1.82, 2.24) is 0 Å². The van der Waals surface area contributed by atoms with Crippen molar-refractivity contribution in [2.75, 3.05) is 13.2 Å². The number of phenols is 2. The van der Waals surface area contributed by atoms with Gasteiger partial charge in [0.2, 0.25) is 0 Å². The summed E-state index contributed by atoms with van der Waals surface area (Å²) < 4.78 is 0. The molecule has 0 saturated carbocycles. The zero-order valence-corrected chi connectivity index (χ0v) is 28.5. The van der Waals surface area contributed by atoms with E-state index in [-0.39, 0.29) is 52.8 Å². The van der Waals surface area contributed by atoms with Crippen LogP contribution in [0.1, 0.15) is 143 Å². The van der Waals surface area contributed by atoms with Gasteiger partial charge in [-0.2, -0.15) is 0 Å². The molecule has 0 saturated heterocycles. The lowest BCUT2D eigenvalue weighted by atomic mass is 9.67. The third-order valence-electron chi connectivity index (χ3n) is 7.80. The van der Waals surface area contributed by atoms with Gasteiger partial charge in [0, 0.05) is 18.6 Å². The number of benzene rings is 2. The first-order chi connectivity index (χ1) is 18.8. The molecule has 2 aromatic carbocycles. The Kier molecular flexibility index (Phi) is 11.9. The molecule has 6 nitrogen and oxygen atoms in total. The predicted octanol–water partition coefficient (Wildman–Crippen LogP) is 7.82. The van der Waals surface area contributed by atoms with E-state index in [0.717, 1.165) is 46.2 Å². The van der Waals surface area contributed by atoms with Crippen molar-refractivity contribution in [3.8, 4) is 11.5 Å². The van der Waals surface area contributed by atoms with Gasteiger partial charge >= 0.3 is 5.97 Å². The monoisotopic (exact) mass is 586 g/mol. The maximum absolute atomic E-state index is 12.3. The average molecular weight is 587 g/mol. The minimum absolute atomic E-state index is 0.122. The number of carbonyl (C=O) groups is 1. The summed E-state index contributed by atoms with van der Waals surface area (Å²) in [6.45, 7) is 27.1. The van der Waals surface area contributed by atoms with Crippen molar-refractivity contribution in [2.45, 2.75) is 136 Å². The van der Waals surface area contributed by atoms with Crippen LogP contribution in [-0.4, -0.2) is 44.7 Å². The second-order valence-corrected chi connectivity index (χ2v) is 15.9. The maximum Gasteiger partial charge on any atom is 0.304 e. The molecule has 42 heavy (non-hydrogen) atoms. The molecular weight excluding hydrogens is 528 g/mol. The number of carboxylic acids is 1. The second kappa shape index (κ2) is 13.4. The summed E-state index contributed by atoms with van der Waals surface area (Å²) in [4.78, 5) is 12.3. The Labute approximate surface area is 254 Å². The average Bonchev–Trinajstić information content (AvgIpc) is 2.79. The molecule has 0 aliphatic carbocycles. The van der Waals surface area contributed by atoms with Gasteiger partial charge in [0.05, 0.1) is 6.42 Å². The highest BCUT2D eigenvalue weighted by molar-refractivity contribution is 5.71. The van der Waals surface area contributed by atoms with E-state index in [1.807, 2.05) is 31.2 Å². The number of unbranched alkanes of at least 4 members (excludes halogenated alkanes) is 1. The Morgan fingerprint density at radius 2 is 0.786 bits per heavy atom. The van der Waals surface area contributed by atoms with Crippen LogP contribution in [0.2, 0.25) is 0 Å². The fourth-order valence-electron chi connectivity index (χ4n) is 5.09. The fourth-order valence-corrected chi connectivity index (χ4v) is 5.09. The van der Waals surface area contributed by atoms with Crippen molar-refractivity contribution in [3.05, 3.63) is 57.6 Å². The second-order valence-electron chi connectivity index (χ2n) is 15.9. The summed E-state index contributed by atoms with van der Waals surface area (Å²) in [5.41, 5.74) is 2.63. The molecular formula is C36H58O6. The van der Waals surface area contributed by atoms with Gasteiger partial charge < -0.3 is 25.5 Å². The topological polar surface area (TPSA) is 118 Å². The van der Waals surface area contributed by atoms with E-state index in [1.54, 1.807) is 0 Å². The van der Waals surface area contributed by atoms with E-state index < -0.39 is 11.4 Å². The summed E-state index contributed by atoms with van der Waals surface area (Å²) in [6, 6.07) is 7.92. The van der Waals surface area contributed by atoms with E-state index in [0.29, 0.717) is 0 Å². The third-order valence-corrected chi connectivity index (χ3v) is 7.80. The minimum atomic E-state index is -0.900. The predicted molar refractivity (Wildman–Crippen MR) is 173 cm³/mol. The highest BCUT2D eigenvalue weighted by Crippen LogP contribution is 2.48. The molecule has 5 N–H and O–H groups in total. The van der Waals surface area contributed by atoms with Crippen molar-refractivity contribution < 1.29 is 30.3 Å². The molecule has 0 aromatic heterocycles. The van der Waals surface area contributed by atoms with Gasteiger partial charge in [0.25, 0.3) is 0 Å². The Morgan fingerprint density at radius 3 is 0.952 bits per heavy atom. The van der Waals surface area contributed by atoms with E-state index in [2.05, 4.69) is 83.1 Å². The van der Waals surface area contributed by atoms with Crippen LogP contribution in [0.4, 0.5) is 0 Å². The van der Waals surface area contributed by atoms with Gasteiger partial charge in [-0.1, -0.05) is 114 Å². The van der Waals surface area contributed by atoms with Gasteiger partial charge in [-0.3, -0.25) is 4.79 Å². The molecule has 0 aliphatic heterocycles. The fraction of sp³-hybridized carbons (Fsp3) is 0.639. The van der Waals surface area contributed by atoms with Crippen LogP contribution in [0.15, 0.2) is 24.3 Å². The molecule has 0 bridgehead atoms. The number of aliphatic hydroxyl groups is 2. The first-order valence-corrected chi connectivity index (χ1v) is 15.0. The third kappa shape index (κ3) is 9.21. The zero-order valence-electron chi connectivity index (χ0n) is 28.5. The number of phenolic OH excluding ortho intramolecular Hbond substituents is 2. The van der Waals surface area contributed by atoms with Gasteiger partial charge in [0.15, 0.2) is 0 Å². The molecule has 0 atom stereocenters. The van der Waals surface area contributed by atoms with Crippen LogP contribution in [-0.2, 0) is 31.9 Å². The van der Waals surface area contributed by atoms with Crippen LogP contribution in [0.25, 0.3) is 0 Å².